The Labute approximate surface area is 150 Å². The highest BCUT2D eigenvalue weighted by atomic mass is 19.1. The molecule has 1 aliphatic carbocycles. The maximum Gasteiger partial charge on any atom is 0.123 e. The lowest BCUT2D eigenvalue weighted by molar-refractivity contribution is 0.602. The molecule has 130 valence electrons. The first-order chi connectivity index (χ1) is 12.1. The topological polar surface area (TPSA) is 26.0 Å². The SMILES string of the molecule is CCC1(c2ccccc2C/C=C\C(=C/N)c2ccc(F)cc2)CC1C. The lowest BCUT2D eigenvalue weighted by Crippen LogP contribution is -2.10. The van der Waals surface area contributed by atoms with Gasteiger partial charge in [-0.3, -0.25) is 0 Å². The largest absolute Gasteiger partial charge is 0.404 e. The van der Waals surface area contributed by atoms with Gasteiger partial charge in [0.1, 0.15) is 5.82 Å². The first-order valence-corrected chi connectivity index (χ1v) is 9.03. The average molecular weight is 335 g/mol. The highest BCUT2D eigenvalue weighted by molar-refractivity contribution is 5.73. The smallest absolute Gasteiger partial charge is 0.123 e. The van der Waals surface area contributed by atoms with Crippen LogP contribution in [0.25, 0.3) is 5.57 Å². The Kier molecular flexibility index (Phi) is 5.08. The summed E-state index contributed by atoms with van der Waals surface area (Å²) in [6.45, 7) is 4.64. The normalized spacial score (nSPS) is 23.2. The van der Waals surface area contributed by atoms with Crippen molar-refractivity contribution >= 4 is 5.57 Å². The number of halogens is 1. The molecule has 2 N–H and O–H groups in total. The van der Waals surface area contributed by atoms with E-state index in [1.165, 1.54) is 36.1 Å². The highest BCUT2D eigenvalue weighted by Crippen LogP contribution is 2.57. The van der Waals surface area contributed by atoms with E-state index in [9.17, 15) is 4.39 Å². The van der Waals surface area contributed by atoms with Gasteiger partial charge in [-0.05, 0) is 65.0 Å². The summed E-state index contributed by atoms with van der Waals surface area (Å²) < 4.78 is 13.1. The van der Waals surface area contributed by atoms with Gasteiger partial charge < -0.3 is 5.73 Å². The lowest BCUT2D eigenvalue weighted by Gasteiger charge is -2.18. The summed E-state index contributed by atoms with van der Waals surface area (Å²) in [4.78, 5) is 0. The molecule has 25 heavy (non-hydrogen) atoms. The molecule has 0 amide bonds. The van der Waals surface area contributed by atoms with Crippen LogP contribution in [0.2, 0.25) is 0 Å². The van der Waals surface area contributed by atoms with Crippen LogP contribution in [0, 0.1) is 11.7 Å². The van der Waals surface area contributed by atoms with Gasteiger partial charge in [-0.25, -0.2) is 4.39 Å². The molecular formula is C23H26FN. The molecule has 1 fully saturated rings. The maximum absolute atomic E-state index is 13.1. The average Bonchev–Trinajstić information content (AvgIpc) is 3.31. The van der Waals surface area contributed by atoms with Crippen LogP contribution >= 0.6 is 0 Å². The zero-order valence-electron chi connectivity index (χ0n) is 15.0. The van der Waals surface area contributed by atoms with Gasteiger partial charge in [0, 0.05) is 6.20 Å². The molecule has 0 spiro atoms. The molecule has 0 bridgehead atoms. The van der Waals surface area contributed by atoms with Crippen molar-refractivity contribution in [3.63, 3.8) is 0 Å². The first-order valence-electron chi connectivity index (χ1n) is 9.03. The predicted octanol–water partition coefficient (Wildman–Crippen LogP) is 5.61. The van der Waals surface area contributed by atoms with Crippen molar-refractivity contribution in [2.45, 2.75) is 38.5 Å². The monoisotopic (exact) mass is 335 g/mol. The van der Waals surface area contributed by atoms with Crippen molar-refractivity contribution in [2.24, 2.45) is 11.7 Å². The Morgan fingerprint density at radius 1 is 1.20 bits per heavy atom. The Hall–Kier alpha value is -2.35. The van der Waals surface area contributed by atoms with Crippen molar-refractivity contribution < 1.29 is 4.39 Å². The standard InChI is InChI=1S/C23H26FN/c1-3-23(15-17(23)2)22-10-5-4-7-19(22)8-6-9-20(16-25)18-11-13-21(24)14-12-18/h4-7,9-14,16-17H,3,8,15,25H2,1-2H3/b9-6-,20-16+. The number of rotatable bonds is 6. The van der Waals surface area contributed by atoms with Gasteiger partial charge in [0.15, 0.2) is 0 Å². The van der Waals surface area contributed by atoms with Gasteiger partial charge in [0.25, 0.3) is 0 Å². The van der Waals surface area contributed by atoms with Gasteiger partial charge in [-0.1, -0.05) is 62.4 Å². The van der Waals surface area contributed by atoms with Gasteiger partial charge in [0.05, 0.1) is 0 Å². The number of hydrogen-bond donors (Lipinski definition) is 1. The van der Waals surface area contributed by atoms with Gasteiger partial charge in [-0.15, -0.1) is 0 Å². The Morgan fingerprint density at radius 2 is 1.88 bits per heavy atom. The third kappa shape index (κ3) is 3.53. The second-order valence-corrected chi connectivity index (χ2v) is 7.01. The molecule has 1 aliphatic rings. The number of allylic oxidation sites excluding steroid dienone is 3. The van der Waals surface area contributed by atoms with Crippen LogP contribution in [0.4, 0.5) is 4.39 Å². The van der Waals surface area contributed by atoms with Crippen LogP contribution in [0.15, 0.2) is 66.9 Å². The molecule has 1 saturated carbocycles. The van der Waals surface area contributed by atoms with E-state index in [0.717, 1.165) is 23.5 Å². The number of hydrogen-bond acceptors (Lipinski definition) is 1. The van der Waals surface area contributed by atoms with E-state index >= 15 is 0 Å². The minimum atomic E-state index is -0.235. The summed E-state index contributed by atoms with van der Waals surface area (Å²) in [6.07, 6.45) is 9.11. The van der Waals surface area contributed by atoms with Crippen molar-refractivity contribution in [1.29, 1.82) is 0 Å². The van der Waals surface area contributed by atoms with Crippen LogP contribution in [-0.4, -0.2) is 0 Å². The summed E-state index contributed by atoms with van der Waals surface area (Å²) >= 11 is 0. The van der Waals surface area contributed by atoms with Gasteiger partial charge in [0.2, 0.25) is 0 Å². The summed E-state index contributed by atoms with van der Waals surface area (Å²) in [5.74, 6) is 0.530. The molecule has 1 nitrogen and oxygen atoms in total. The summed E-state index contributed by atoms with van der Waals surface area (Å²) in [5, 5.41) is 0. The Balaban J connectivity index is 1.78. The number of nitrogens with two attached hydrogens (primary N) is 1. The summed E-state index contributed by atoms with van der Waals surface area (Å²) in [5.41, 5.74) is 10.8. The molecule has 2 heteroatoms. The van der Waals surface area contributed by atoms with Crippen LogP contribution in [0.3, 0.4) is 0 Å². The molecule has 0 saturated heterocycles. The fourth-order valence-electron chi connectivity index (χ4n) is 3.93. The predicted molar refractivity (Wildman–Crippen MR) is 104 cm³/mol. The molecule has 3 rings (SSSR count). The number of benzene rings is 2. The zero-order chi connectivity index (χ0) is 17.9. The third-order valence-electron chi connectivity index (χ3n) is 5.63. The minimum Gasteiger partial charge on any atom is -0.404 e. The van der Waals surface area contributed by atoms with Crippen molar-refractivity contribution in [2.75, 3.05) is 0 Å². The second kappa shape index (κ2) is 7.26. The minimum absolute atomic E-state index is 0.235. The summed E-state index contributed by atoms with van der Waals surface area (Å²) in [7, 11) is 0. The summed E-state index contributed by atoms with van der Waals surface area (Å²) in [6, 6.07) is 15.2. The van der Waals surface area contributed by atoms with Crippen LogP contribution < -0.4 is 5.73 Å². The van der Waals surface area contributed by atoms with Crippen LogP contribution in [0.1, 0.15) is 43.4 Å². The van der Waals surface area contributed by atoms with E-state index in [0.29, 0.717) is 5.41 Å². The molecule has 2 atom stereocenters. The van der Waals surface area contributed by atoms with Crippen molar-refractivity contribution in [3.8, 4) is 0 Å². The van der Waals surface area contributed by atoms with Crippen molar-refractivity contribution in [1.82, 2.24) is 0 Å². The first kappa shape index (κ1) is 17.5. The van der Waals surface area contributed by atoms with E-state index < -0.39 is 0 Å². The van der Waals surface area contributed by atoms with E-state index in [-0.39, 0.29) is 5.82 Å². The third-order valence-corrected chi connectivity index (χ3v) is 5.63. The van der Waals surface area contributed by atoms with E-state index in [1.54, 1.807) is 18.3 Å². The second-order valence-electron chi connectivity index (χ2n) is 7.01. The van der Waals surface area contributed by atoms with Crippen LogP contribution in [-0.2, 0) is 11.8 Å². The molecule has 0 aromatic heterocycles. The van der Waals surface area contributed by atoms with Gasteiger partial charge in [-0.2, -0.15) is 0 Å². The lowest BCUT2D eigenvalue weighted by atomic mass is 9.86. The molecule has 0 radical (unpaired) electrons. The fraction of sp³-hybridized carbons (Fsp3) is 0.304. The molecular weight excluding hydrogens is 309 g/mol. The quantitative estimate of drug-likeness (QED) is 0.682. The molecule has 0 aliphatic heterocycles. The highest BCUT2D eigenvalue weighted by Gasteiger charge is 2.51. The maximum atomic E-state index is 13.1. The molecule has 2 aromatic carbocycles. The fourth-order valence-corrected chi connectivity index (χ4v) is 3.93. The van der Waals surface area contributed by atoms with E-state index in [1.807, 2.05) is 6.08 Å². The van der Waals surface area contributed by atoms with E-state index in [4.69, 9.17) is 5.73 Å². The van der Waals surface area contributed by atoms with Gasteiger partial charge >= 0.3 is 0 Å². The van der Waals surface area contributed by atoms with E-state index in [2.05, 4.69) is 44.2 Å². The molecule has 0 heterocycles. The van der Waals surface area contributed by atoms with Crippen LogP contribution in [0.5, 0.6) is 0 Å². The zero-order valence-corrected chi connectivity index (χ0v) is 15.0. The Morgan fingerprint density at radius 3 is 2.48 bits per heavy atom. The molecule has 2 aromatic rings. The van der Waals surface area contributed by atoms with Crippen molar-refractivity contribution in [3.05, 3.63) is 89.4 Å². The molecule has 2 unspecified atom stereocenters. The Bertz CT molecular complexity index is 784.